The molecular formula is C12H8F2O4. The molecule has 1 heterocycles. The lowest BCUT2D eigenvalue weighted by molar-refractivity contribution is 0.0984. The second-order valence-electron chi connectivity index (χ2n) is 3.66. The van der Waals surface area contributed by atoms with Crippen LogP contribution >= 0.6 is 0 Å². The molecule has 0 amide bonds. The second kappa shape index (κ2) is 4.21. The van der Waals surface area contributed by atoms with Crippen molar-refractivity contribution in [3.8, 4) is 5.75 Å². The molecule has 1 aromatic carbocycles. The maximum absolute atomic E-state index is 13.4. The highest BCUT2D eigenvalue weighted by Crippen LogP contribution is 2.28. The Morgan fingerprint density at radius 2 is 2.06 bits per heavy atom. The molecule has 0 saturated heterocycles. The SMILES string of the molecule is CCC(=O)c1cc2cc(F)c(O)c(F)c2oc1=O. The molecule has 0 spiro atoms. The maximum atomic E-state index is 13.4. The van der Waals surface area contributed by atoms with Crippen LogP contribution in [-0.4, -0.2) is 10.9 Å². The number of Topliss-reactive ketones (excluding diaryl/α,β-unsaturated/α-hetero) is 1. The van der Waals surface area contributed by atoms with Crippen molar-refractivity contribution in [1.82, 2.24) is 0 Å². The van der Waals surface area contributed by atoms with Gasteiger partial charge in [0, 0.05) is 11.8 Å². The Labute approximate surface area is 99.5 Å². The summed E-state index contributed by atoms with van der Waals surface area (Å²) in [7, 11) is 0. The van der Waals surface area contributed by atoms with Crippen molar-refractivity contribution < 1.29 is 23.1 Å². The number of benzene rings is 1. The van der Waals surface area contributed by atoms with Gasteiger partial charge in [-0.15, -0.1) is 0 Å². The number of phenols is 1. The predicted molar refractivity (Wildman–Crippen MR) is 58.7 cm³/mol. The van der Waals surface area contributed by atoms with Gasteiger partial charge in [0.1, 0.15) is 5.56 Å². The third kappa shape index (κ3) is 1.75. The van der Waals surface area contributed by atoms with Gasteiger partial charge in [0.2, 0.25) is 5.82 Å². The first-order valence-corrected chi connectivity index (χ1v) is 5.13. The monoisotopic (exact) mass is 254 g/mol. The van der Waals surface area contributed by atoms with Crippen LogP contribution in [0.15, 0.2) is 21.3 Å². The van der Waals surface area contributed by atoms with E-state index >= 15 is 0 Å². The second-order valence-corrected chi connectivity index (χ2v) is 3.66. The van der Waals surface area contributed by atoms with Crippen molar-refractivity contribution >= 4 is 16.8 Å². The van der Waals surface area contributed by atoms with Crippen LogP contribution < -0.4 is 5.63 Å². The van der Waals surface area contributed by atoms with E-state index < -0.39 is 34.4 Å². The van der Waals surface area contributed by atoms with Crippen molar-refractivity contribution in [3.05, 3.63) is 39.8 Å². The molecule has 94 valence electrons. The van der Waals surface area contributed by atoms with Crippen LogP contribution in [0, 0.1) is 11.6 Å². The summed E-state index contributed by atoms with van der Waals surface area (Å²) in [6.45, 7) is 1.55. The van der Waals surface area contributed by atoms with Crippen LogP contribution in [0.5, 0.6) is 5.75 Å². The van der Waals surface area contributed by atoms with E-state index in [0.29, 0.717) is 0 Å². The summed E-state index contributed by atoms with van der Waals surface area (Å²) in [5.41, 5.74) is -1.86. The van der Waals surface area contributed by atoms with Crippen LogP contribution in [0.4, 0.5) is 8.78 Å². The van der Waals surface area contributed by atoms with E-state index in [9.17, 15) is 18.4 Å². The predicted octanol–water partition coefficient (Wildman–Crippen LogP) is 2.37. The number of hydrogen-bond donors (Lipinski definition) is 1. The molecule has 1 N–H and O–H groups in total. The molecule has 0 radical (unpaired) electrons. The lowest BCUT2D eigenvalue weighted by Gasteiger charge is -2.03. The fourth-order valence-electron chi connectivity index (χ4n) is 1.57. The van der Waals surface area contributed by atoms with Gasteiger partial charge in [0.15, 0.2) is 22.9 Å². The number of phenolic OH excluding ortho intramolecular Hbond substituents is 1. The van der Waals surface area contributed by atoms with Gasteiger partial charge in [-0.2, -0.15) is 4.39 Å². The molecule has 2 rings (SSSR count). The van der Waals surface area contributed by atoms with E-state index in [1.165, 1.54) is 0 Å². The summed E-state index contributed by atoms with van der Waals surface area (Å²) in [6, 6.07) is 1.85. The van der Waals surface area contributed by atoms with E-state index in [4.69, 9.17) is 5.11 Å². The first kappa shape index (κ1) is 12.2. The van der Waals surface area contributed by atoms with Crippen LogP contribution in [-0.2, 0) is 0 Å². The van der Waals surface area contributed by atoms with Gasteiger partial charge in [-0.05, 0) is 12.1 Å². The van der Waals surface area contributed by atoms with Crippen molar-refractivity contribution in [2.45, 2.75) is 13.3 Å². The Bertz CT molecular complexity index is 703. The van der Waals surface area contributed by atoms with Gasteiger partial charge in [-0.25, -0.2) is 9.18 Å². The first-order chi connectivity index (χ1) is 8.45. The van der Waals surface area contributed by atoms with Crippen LogP contribution in [0.2, 0.25) is 0 Å². The smallest absolute Gasteiger partial charge is 0.347 e. The number of halogens is 2. The number of carbonyl (C=O) groups excluding carboxylic acids is 1. The van der Waals surface area contributed by atoms with E-state index in [1.807, 2.05) is 0 Å². The Hall–Kier alpha value is -2.24. The van der Waals surface area contributed by atoms with Crippen LogP contribution in [0.1, 0.15) is 23.7 Å². The van der Waals surface area contributed by atoms with Crippen molar-refractivity contribution in [1.29, 1.82) is 0 Å². The van der Waals surface area contributed by atoms with Gasteiger partial charge in [-0.1, -0.05) is 6.92 Å². The zero-order chi connectivity index (χ0) is 13.4. The van der Waals surface area contributed by atoms with Gasteiger partial charge in [0.25, 0.3) is 0 Å². The number of rotatable bonds is 2. The minimum absolute atomic E-state index is 0.0688. The number of fused-ring (bicyclic) bond motifs is 1. The Balaban J connectivity index is 2.85. The fraction of sp³-hybridized carbons (Fsp3) is 0.167. The molecule has 0 saturated carbocycles. The average molecular weight is 254 g/mol. The number of aromatic hydroxyl groups is 1. The Morgan fingerprint density at radius 1 is 1.39 bits per heavy atom. The Kier molecular flexibility index (Phi) is 2.86. The van der Waals surface area contributed by atoms with E-state index in [0.717, 1.165) is 12.1 Å². The molecular weight excluding hydrogens is 246 g/mol. The van der Waals surface area contributed by atoms with Crippen molar-refractivity contribution in [2.24, 2.45) is 0 Å². The molecule has 0 atom stereocenters. The minimum Gasteiger partial charge on any atom is -0.503 e. The highest BCUT2D eigenvalue weighted by atomic mass is 19.1. The van der Waals surface area contributed by atoms with Crippen molar-refractivity contribution in [2.75, 3.05) is 0 Å². The lowest BCUT2D eigenvalue weighted by atomic mass is 10.1. The highest BCUT2D eigenvalue weighted by molar-refractivity contribution is 5.98. The summed E-state index contributed by atoms with van der Waals surface area (Å²) in [5.74, 6) is -4.26. The lowest BCUT2D eigenvalue weighted by Crippen LogP contribution is -2.13. The molecule has 2 aromatic rings. The normalized spacial score (nSPS) is 10.8. The van der Waals surface area contributed by atoms with Gasteiger partial charge in [0.05, 0.1) is 0 Å². The molecule has 0 aliphatic heterocycles. The molecule has 0 aliphatic carbocycles. The quantitative estimate of drug-likeness (QED) is 0.660. The zero-order valence-corrected chi connectivity index (χ0v) is 9.29. The van der Waals surface area contributed by atoms with E-state index in [1.54, 1.807) is 6.92 Å². The molecule has 0 fully saturated rings. The van der Waals surface area contributed by atoms with Crippen molar-refractivity contribution in [3.63, 3.8) is 0 Å². The summed E-state index contributed by atoms with van der Waals surface area (Å²) in [4.78, 5) is 22.9. The minimum atomic E-state index is -1.36. The van der Waals surface area contributed by atoms with Crippen LogP contribution in [0.25, 0.3) is 11.0 Å². The average Bonchev–Trinajstić information content (AvgIpc) is 2.36. The summed E-state index contributed by atoms with van der Waals surface area (Å²) in [5, 5.41) is 8.94. The standard InChI is InChI=1S/C12H8F2O4/c1-2-8(15)6-3-5-4-7(13)10(16)9(14)11(5)18-12(6)17/h3-4,16H,2H2,1H3. The topological polar surface area (TPSA) is 67.5 Å². The Morgan fingerprint density at radius 3 is 2.67 bits per heavy atom. The number of carbonyl (C=O) groups is 1. The molecule has 18 heavy (non-hydrogen) atoms. The molecule has 1 aromatic heterocycles. The maximum Gasteiger partial charge on any atom is 0.347 e. The van der Waals surface area contributed by atoms with E-state index in [-0.39, 0.29) is 17.4 Å². The van der Waals surface area contributed by atoms with E-state index in [2.05, 4.69) is 4.42 Å². The fourth-order valence-corrected chi connectivity index (χ4v) is 1.57. The number of hydrogen-bond acceptors (Lipinski definition) is 4. The summed E-state index contributed by atoms with van der Waals surface area (Å²) < 4.78 is 31.2. The van der Waals surface area contributed by atoms with Gasteiger partial charge in [-0.3, -0.25) is 4.79 Å². The molecule has 4 nitrogen and oxygen atoms in total. The zero-order valence-electron chi connectivity index (χ0n) is 9.29. The molecule has 0 unspecified atom stereocenters. The molecule has 0 aliphatic rings. The molecule has 0 bridgehead atoms. The summed E-state index contributed by atoms with van der Waals surface area (Å²) in [6.07, 6.45) is 0.0688. The third-order valence-electron chi connectivity index (χ3n) is 2.51. The summed E-state index contributed by atoms with van der Waals surface area (Å²) >= 11 is 0. The number of ketones is 1. The van der Waals surface area contributed by atoms with Gasteiger partial charge < -0.3 is 9.52 Å². The van der Waals surface area contributed by atoms with Gasteiger partial charge >= 0.3 is 5.63 Å². The third-order valence-corrected chi connectivity index (χ3v) is 2.51. The first-order valence-electron chi connectivity index (χ1n) is 5.13. The highest BCUT2D eigenvalue weighted by Gasteiger charge is 2.18. The molecule has 6 heteroatoms. The largest absolute Gasteiger partial charge is 0.503 e. The van der Waals surface area contributed by atoms with Crippen LogP contribution in [0.3, 0.4) is 0 Å².